The van der Waals surface area contributed by atoms with E-state index in [0.29, 0.717) is 19.4 Å². The summed E-state index contributed by atoms with van der Waals surface area (Å²) in [5, 5.41) is 7.00. The minimum absolute atomic E-state index is 0.297. The van der Waals surface area contributed by atoms with Crippen molar-refractivity contribution in [3.63, 3.8) is 0 Å². The molecule has 1 aromatic carbocycles. The van der Waals surface area contributed by atoms with Gasteiger partial charge in [-0.3, -0.25) is 0 Å². The number of aliphatic imine (C=N–C) groups is 1. The first-order valence-electron chi connectivity index (χ1n) is 9.32. The Labute approximate surface area is 153 Å². The molecule has 0 saturated heterocycles. The van der Waals surface area contributed by atoms with Crippen LogP contribution in [0.5, 0.6) is 11.5 Å². The molecule has 0 atom stereocenters. The van der Waals surface area contributed by atoms with Crippen LogP contribution in [0.3, 0.4) is 0 Å². The zero-order chi connectivity index (χ0) is 17.6. The second-order valence-corrected chi connectivity index (χ2v) is 6.73. The molecule has 2 aromatic rings. The third-order valence-corrected chi connectivity index (χ3v) is 4.80. The maximum absolute atomic E-state index is 5.45. The standard InChI is InChI=1S/C20H25N3O3/c1-2-5-16(4-1)23-20(21-10-9-17-6-3-11-24-17)22-13-15-7-8-18-19(12-15)26-14-25-18/h3,6-8,11-12,16H,1-2,4-5,9-10,13-14H2,(H2,21,22,23). The fourth-order valence-electron chi connectivity index (χ4n) is 3.38. The van der Waals surface area contributed by atoms with Gasteiger partial charge in [0.15, 0.2) is 17.5 Å². The van der Waals surface area contributed by atoms with Crippen molar-refractivity contribution in [3.8, 4) is 11.5 Å². The summed E-state index contributed by atoms with van der Waals surface area (Å²) in [7, 11) is 0. The summed E-state index contributed by atoms with van der Waals surface area (Å²) in [6.45, 7) is 1.68. The largest absolute Gasteiger partial charge is 0.469 e. The van der Waals surface area contributed by atoms with E-state index in [9.17, 15) is 0 Å². The molecular formula is C20H25N3O3. The van der Waals surface area contributed by atoms with Crippen LogP contribution in [-0.2, 0) is 13.0 Å². The van der Waals surface area contributed by atoms with Gasteiger partial charge >= 0.3 is 0 Å². The number of hydrogen-bond acceptors (Lipinski definition) is 4. The fraction of sp³-hybridized carbons (Fsp3) is 0.450. The highest BCUT2D eigenvalue weighted by Crippen LogP contribution is 2.32. The lowest BCUT2D eigenvalue weighted by Gasteiger charge is -2.17. The van der Waals surface area contributed by atoms with Crippen LogP contribution in [0.4, 0.5) is 0 Å². The highest BCUT2D eigenvalue weighted by atomic mass is 16.7. The van der Waals surface area contributed by atoms with Gasteiger partial charge in [-0.05, 0) is 42.7 Å². The van der Waals surface area contributed by atoms with Crippen molar-refractivity contribution in [3.05, 3.63) is 47.9 Å². The van der Waals surface area contributed by atoms with E-state index in [1.54, 1.807) is 6.26 Å². The number of furan rings is 1. The van der Waals surface area contributed by atoms with E-state index >= 15 is 0 Å². The van der Waals surface area contributed by atoms with Gasteiger partial charge in [0.25, 0.3) is 0 Å². The Balaban J connectivity index is 1.38. The molecule has 1 aromatic heterocycles. The second kappa shape index (κ2) is 8.17. The van der Waals surface area contributed by atoms with Gasteiger partial charge in [-0.1, -0.05) is 18.9 Å². The summed E-state index contributed by atoms with van der Waals surface area (Å²) < 4.78 is 16.2. The average molecular weight is 355 g/mol. The van der Waals surface area contributed by atoms with Crippen LogP contribution in [0.25, 0.3) is 0 Å². The molecule has 138 valence electrons. The normalized spacial score (nSPS) is 16.8. The lowest BCUT2D eigenvalue weighted by Crippen LogP contribution is -2.43. The van der Waals surface area contributed by atoms with Crippen molar-refractivity contribution in [2.24, 2.45) is 4.99 Å². The van der Waals surface area contributed by atoms with Crippen LogP contribution in [0, 0.1) is 0 Å². The van der Waals surface area contributed by atoms with E-state index in [1.165, 1.54) is 25.7 Å². The van der Waals surface area contributed by atoms with E-state index in [-0.39, 0.29) is 0 Å². The third kappa shape index (κ3) is 4.31. The van der Waals surface area contributed by atoms with Gasteiger partial charge in [0.1, 0.15) is 5.76 Å². The van der Waals surface area contributed by atoms with Crippen LogP contribution >= 0.6 is 0 Å². The zero-order valence-corrected chi connectivity index (χ0v) is 14.9. The highest BCUT2D eigenvalue weighted by molar-refractivity contribution is 5.80. The first-order valence-corrected chi connectivity index (χ1v) is 9.32. The predicted molar refractivity (Wildman–Crippen MR) is 99.5 cm³/mol. The molecule has 1 aliphatic heterocycles. The lowest BCUT2D eigenvalue weighted by molar-refractivity contribution is 0.174. The van der Waals surface area contributed by atoms with Gasteiger partial charge in [0, 0.05) is 19.0 Å². The number of hydrogen-bond donors (Lipinski definition) is 2. The first-order chi connectivity index (χ1) is 12.9. The molecule has 0 radical (unpaired) electrons. The van der Waals surface area contributed by atoms with Gasteiger partial charge < -0.3 is 24.5 Å². The average Bonchev–Trinajstić information content (AvgIpc) is 3.41. The molecule has 0 amide bonds. The van der Waals surface area contributed by atoms with Crippen LogP contribution < -0.4 is 20.1 Å². The molecule has 2 N–H and O–H groups in total. The lowest BCUT2D eigenvalue weighted by atomic mass is 10.2. The number of benzene rings is 1. The number of nitrogens with one attached hydrogen (secondary N) is 2. The van der Waals surface area contributed by atoms with Gasteiger partial charge in [-0.2, -0.15) is 0 Å². The molecule has 1 saturated carbocycles. The van der Waals surface area contributed by atoms with Crippen LogP contribution in [0.2, 0.25) is 0 Å². The van der Waals surface area contributed by atoms with Crippen LogP contribution in [0.1, 0.15) is 37.0 Å². The highest BCUT2D eigenvalue weighted by Gasteiger charge is 2.16. The Morgan fingerprint density at radius 1 is 1.12 bits per heavy atom. The summed E-state index contributed by atoms with van der Waals surface area (Å²) in [6.07, 6.45) is 7.55. The predicted octanol–water partition coefficient (Wildman–Crippen LogP) is 3.23. The van der Waals surface area contributed by atoms with Crippen molar-refractivity contribution in [1.29, 1.82) is 0 Å². The van der Waals surface area contributed by atoms with Crippen molar-refractivity contribution < 1.29 is 13.9 Å². The number of fused-ring (bicyclic) bond motifs is 1. The van der Waals surface area contributed by atoms with E-state index in [4.69, 9.17) is 18.9 Å². The SMILES string of the molecule is c1coc(CCNC(=NCc2ccc3c(c2)OCO3)NC2CCCC2)c1. The third-order valence-electron chi connectivity index (χ3n) is 4.80. The number of rotatable bonds is 6. The number of nitrogens with zero attached hydrogens (tertiary/aromatic N) is 1. The monoisotopic (exact) mass is 355 g/mol. The van der Waals surface area contributed by atoms with Gasteiger partial charge in [-0.25, -0.2) is 4.99 Å². The van der Waals surface area contributed by atoms with Crippen LogP contribution in [0.15, 0.2) is 46.0 Å². The molecule has 1 fully saturated rings. The Morgan fingerprint density at radius 2 is 2.00 bits per heavy atom. The Hall–Kier alpha value is -2.63. The summed E-state index contributed by atoms with van der Waals surface area (Å²) in [4.78, 5) is 4.77. The summed E-state index contributed by atoms with van der Waals surface area (Å²) >= 11 is 0. The molecule has 1 aliphatic carbocycles. The Morgan fingerprint density at radius 3 is 2.85 bits per heavy atom. The molecule has 26 heavy (non-hydrogen) atoms. The van der Waals surface area contributed by atoms with Gasteiger partial charge in [0.05, 0.1) is 12.8 Å². The molecule has 2 aliphatic rings. The van der Waals surface area contributed by atoms with E-state index < -0.39 is 0 Å². The summed E-state index contributed by atoms with van der Waals surface area (Å²) in [5.41, 5.74) is 1.10. The summed E-state index contributed by atoms with van der Waals surface area (Å²) in [5.74, 6) is 3.45. The topological polar surface area (TPSA) is 68.0 Å². The molecule has 0 unspecified atom stereocenters. The molecule has 6 nitrogen and oxygen atoms in total. The number of ether oxygens (including phenoxy) is 2. The molecule has 4 rings (SSSR count). The first kappa shape index (κ1) is 16.8. The van der Waals surface area contributed by atoms with Gasteiger partial charge in [-0.15, -0.1) is 0 Å². The summed E-state index contributed by atoms with van der Waals surface area (Å²) in [6, 6.07) is 10.4. The minimum atomic E-state index is 0.297. The number of guanidine groups is 1. The van der Waals surface area contributed by atoms with Crippen molar-refractivity contribution in [2.75, 3.05) is 13.3 Å². The van der Waals surface area contributed by atoms with Crippen LogP contribution in [-0.4, -0.2) is 25.3 Å². The second-order valence-electron chi connectivity index (χ2n) is 6.73. The molecule has 0 bridgehead atoms. The van der Waals surface area contributed by atoms with Crippen molar-refractivity contribution >= 4 is 5.96 Å². The fourth-order valence-corrected chi connectivity index (χ4v) is 3.38. The van der Waals surface area contributed by atoms with E-state index in [1.807, 2.05) is 30.3 Å². The van der Waals surface area contributed by atoms with E-state index in [0.717, 1.165) is 41.7 Å². The van der Waals surface area contributed by atoms with Crippen molar-refractivity contribution in [2.45, 2.75) is 44.7 Å². The maximum atomic E-state index is 5.45. The van der Waals surface area contributed by atoms with Crippen molar-refractivity contribution in [1.82, 2.24) is 10.6 Å². The Bertz CT molecular complexity index is 737. The quantitative estimate of drug-likeness (QED) is 0.615. The zero-order valence-electron chi connectivity index (χ0n) is 14.9. The van der Waals surface area contributed by atoms with E-state index in [2.05, 4.69) is 10.6 Å². The molecular weight excluding hydrogens is 330 g/mol. The molecule has 6 heteroatoms. The minimum Gasteiger partial charge on any atom is -0.469 e. The molecule has 2 heterocycles. The Kier molecular flexibility index (Phi) is 5.28. The smallest absolute Gasteiger partial charge is 0.231 e. The van der Waals surface area contributed by atoms with Gasteiger partial charge in [0.2, 0.25) is 6.79 Å². The molecule has 0 spiro atoms. The maximum Gasteiger partial charge on any atom is 0.231 e.